The Hall–Kier alpha value is -1.21. The third-order valence-corrected chi connectivity index (χ3v) is 6.77. The van der Waals surface area contributed by atoms with Crippen LogP contribution in [0, 0.1) is 0 Å². The van der Waals surface area contributed by atoms with Gasteiger partial charge in [0.2, 0.25) is 5.79 Å². The Labute approximate surface area is 240 Å². The topological polar surface area (TPSA) is 309 Å². The number of aliphatic hydroxyl groups excluding tert-OH is 11. The maximum Gasteiger partial charge on any atom is 0.224 e. The average Bonchev–Trinajstić information content (AvgIpc) is 3.16. The maximum atomic E-state index is 10.3. The molecule has 0 bridgehead atoms. The number of likely N-dealkylation sites (N-methyl/N-ethyl adjacent to an activating group) is 1. The van der Waals surface area contributed by atoms with Crippen molar-refractivity contribution < 1.29 is 94.2 Å². The van der Waals surface area contributed by atoms with E-state index >= 15 is 0 Å². The normalized spacial score (nSPS) is 44.4. The number of aliphatic carboxylic acids is 1. The highest BCUT2D eigenvalue weighted by molar-refractivity contribution is 5.65. The number of rotatable bonds is 10. The van der Waals surface area contributed by atoms with Crippen LogP contribution in [0.25, 0.3) is 0 Å². The van der Waals surface area contributed by atoms with Crippen LogP contribution in [0.15, 0.2) is 0 Å². The van der Waals surface area contributed by atoms with Crippen LogP contribution in [0.4, 0.5) is 0 Å². The minimum absolute atomic E-state index is 0.0694. The second-order valence-electron chi connectivity index (χ2n) is 11.2. The molecule has 0 radical (unpaired) electrons. The lowest BCUT2D eigenvalue weighted by molar-refractivity contribution is -0.864. The van der Waals surface area contributed by atoms with Crippen molar-refractivity contribution in [3.8, 4) is 0 Å². The van der Waals surface area contributed by atoms with Crippen molar-refractivity contribution in [3.05, 3.63) is 0 Å². The number of carboxylic acids is 1. The standard InChI is InChI=1S/C18H32O16.C5H11NO2/c19-1-5-8(22)11(25)13(27)16(31-5)30-3-7-9(23)12(26)14(28)17(32-7)34-18(4-21)15(29)10(24)6(2-20)33-18;1-6(2,3)4-5(7)8/h5-17,19-29H,1-4H2;4H2,1-3H3/t5-,6-,7-,8+,9-,10-,11+,12+,13-,14-,15+,16+,17-,18+;/m1./s1. The van der Waals surface area contributed by atoms with Gasteiger partial charge in [0.1, 0.15) is 80.3 Å². The van der Waals surface area contributed by atoms with Crippen LogP contribution in [0.3, 0.4) is 0 Å². The molecule has 0 aromatic carbocycles. The number of carbonyl (C=O) groups excluding carboxylic acids is 1. The van der Waals surface area contributed by atoms with Crippen LogP contribution >= 0.6 is 0 Å². The third kappa shape index (κ3) is 8.70. The summed E-state index contributed by atoms with van der Waals surface area (Å²) in [6.07, 6.45) is -21.8. The second-order valence-corrected chi connectivity index (χ2v) is 11.2. The molecule has 3 heterocycles. The van der Waals surface area contributed by atoms with Gasteiger partial charge in [-0.2, -0.15) is 0 Å². The van der Waals surface area contributed by atoms with Gasteiger partial charge in [-0.05, 0) is 0 Å². The molecule has 3 aliphatic heterocycles. The number of quaternary nitrogens is 1. The van der Waals surface area contributed by atoms with Gasteiger partial charge in [0.05, 0.1) is 46.9 Å². The van der Waals surface area contributed by atoms with Gasteiger partial charge in [-0.25, -0.2) is 0 Å². The number of nitrogens with zero attached hydrogens (tertiary/aromatic N) is 1. The number of aliphatic hydroxyl groups is 11. The summed E-state index contributed by atoms with van der Waals surface area (Å²) in [5, 5.41) is 119. The second kappa shape index (κ2) is 15.2. The fraction of sp³-hybridized carbons (Fsp3) is 0.957. The van der Waals surface area contributed by atoms with Crippen LogP contribution < -0.4 is 5.11 Å². The van der Waals surface area contributed by atoms with Crippen molar-refractivity contribution in [2.45, 2.75) is 85.5 Å². The van der Waals surface area contributed by atoms with Gasteiger partial charge in [0.25, 0.3) is 0 Å². The number of hydrogen-bond acceptors (Lipinski definition) is 18. The summed E-state index contributed by atoms with van der Waals surface area (Å²) in [6, 6.07) is 0. The molecule has 19 heteroatoms. The lowest BCUT2D eigenvalue weighted by Crippen LogP contribution is -2.63. The largest absolute Gasteiger partial charge is 0.544 e. The van der Waals surface area contributed by atoms with Gasteiger partial charge in [0, 0.05) is 0 Å². The first-order chi connectivity index (χ1) is 19.4. The van der Waals surface area contributed by atoms with E-state index in [1.807, 2.05) is 0 Å². The van der Waals surface area contributed by atoms with Gasteiger partial charge < -0.3 is 94.2 Å². The maximum absolute atomic E-state index is 10.3. The zero-order valence-corrected chi connectivity index (χ0v) is 23.3. The first-order valence-electron chi connectivity index (χ1n) is 13.0. The molecule has 3 aliphatic rings. The number of hydrogen-bond donors (Lipinski definition) is 11. The van der Waals surface area contributed by atoms with Gasteiger partial charge >= 0.3 is 0 Å². The molecule has 0 unspecified atom stereocenters. The molecule has 11 N–H and O–H groups in total. The summed E-state index contributed by atoms with van der Waals surface area (Å²) in [5.41, 5.74) is 0. The molecule has 3 saturated heterocycles. The van der Waals surface area contributed by atoms with Gasteiger partial charge in [-0.15, -0.1) is 0 Å². The first kappa shape index (κ1) is 37.0. The Morgan fingerprint density at radius 1 is 0.738 bits per heavy atom. The fourth-order valence-corrected chi connectivity index (χ4v) is 4.40. The van der Waals surface area contributed by atoms with Gasteiger partial charge in [0.15, 0.2) is 12.6 Å². The monoisotopic (exact) mass is 621 g/mol. The van der Waals surface area contributed by atoms with Crippen molar-refractivity contribution in [1.82, 2.24) is 0 Å². The SMILES string of the molecule is C[N+](C)(C)CC(=O)[O-].OC[C@H]1O[C@H](OC[C@H]2O[C@H](O[C@]3(CO)O[C@H](CO)[C@@H](O)[C@@H]3O)[C@H](O)[C@@H](O)[C@@H]2O)[C@H](O)[C@@H](O)[C@H]1O. The molecule has 19 nitrogen and oxygen atoms in total. The zero-order valence-electron chi connectivity index (χ0n) is 23.3. The van der Waals surface area contributed by atoms with E-state index in [1.54, 1.807) is 21.1 Å². The van der Waals surface area contributed by atoms with Gasteiger partial charge in [-0.3, -0.25) is 0 Å². The predicted octanol–water partition coefficient (Wildman–Crippen LogP) is -9.13. The predicted molar refractivity (Wildman–Crippen MR) is 129 cm³/mol. The molecule has 0 aliphatic carbocycles. The summed E-state index contributed by atoms with van der Waals surface area (Å²) in [6.45, 7) is -3.07. The van der Waals surface area contributed by atoms with E-state index in [0.29, 0.717) is 4.48 Å². The minimum Gasteiger partial charge on any atom is -0.544 e. The van der Waals surface area contributed by atoms with Crippen LogP contribution in [0.2, 0.25) is 0 Å². The molecule has 14 atom stereocenters. The molecule has 3 rings (SSSR count). The quantitative estimate of drug-likeness (QED) is 0.101. The van der Waals surface area contributed by atoms with Crippen molar-refractivity contribution >= 4 is 5.97 Å². The Morgan fingerprint density at radius 3 is 1.67 bits per heavy atom. The van der Waals surface area contributed by atoms with Crippen molar-refractivity contribution in [2.75, 3.05) is 54.1 Å². The first-order valence-corrected chi connectivity index (χ1v) is 13.0. The summed E-state index contributed by atoms with van der Waals surface area (Å²) >= 11 is 0. The summed E-state index contributed by atoms with van der Waals surface area (Å²) in [5.74, 6) is -3.36. The highest BCUT2D eigenvalue weighted by Crippen LogP contribution is 2.36. The highest BCUT2D eigenvalue weighted by Gasteiger charge is 2.58. The van der Waals surface area contributed by atoms with Crippen LogP contribution in [-0.4, -0.2) is 206 Å². The van der Waals surface area contributed by atoms with Crippen LogP contribution in [-0.2, 0) is 28.5 Å². The minimum atomic E-state index is -2.36. The summed E-state index contributed by atoms with van der Waals surface area (Å²) in [7, 11) is 5.40. The van der Waals surface area contributed by atoms with Crippen molar-refractivity contribution in [1.29, 1.82) is 0 Å². The molecule has 3 fully saturated rings. The third-order valence-electron chi connectivity index (χ3n) is 6.77. The number of ether oxygens (including phenoxy) is 5. The van der Waals surface area contributed by atoms with E-state index < -0.39 is 118 Å². The summed E-state index contributed by atoms with van der Waals surface area (Å²) < 4.78 is 26.9. The highest BCUT2D eigenvalue weighted by atomic mass is 16.8. The van der Waals surface area contributed by atoms with Gasteiger partial charge in [-0.1, -0.05) is 0 Å². The molecule has 0 spiro atoms. The Bertz CT molecular complexity index is 845. The van der Waals surface area contributed by atoms with E-state index in [9.17, 15) is 66.1 Å². The average molecular weight is 622 g/mol. The van der Waals surface area contributed by atoms with E-state index in [0.717, 1.165) is 0 Å². The number of carbonyl (C=O) groups is 1. The molecule has 248 valence electrons. The zero-order chi connectivity index (χ0) is 32.2. The van der Waals surface area contributed by atoms with E-state index in [2.05, 4.69) is 0 Å². The van der Waals surface area contributed by atoms with Crippen LogP contribution in [0.1, 0.15) is 0 Å². The number of carboxylic acid groups (broad SMARTS) is 1. The molecular formula is C23H43NO18. The smallest absolute Gasteiger partial charge is 0.224 e. The summed E-state index contributed by atoms with van der Waals surface area (Å²) in [4.78, 5) is 9.89. The van der Waals surface area contributed by atoms with E-state index in [4.69, 9.17) is 23.7 Å². The van der Waals surface area contributed by atoms with Crippen molar-refractivity contribution in [3.63, 3.8) is 0 Å². The lowest BCUT2D eigenvalue weighted by Gasteiger charge is -2.44. The molecule has 0 saturated carbocycles. The molecule has 42 heavy (non-hydrogen) atoms. The van der Waals surface area contributed by atoms with Crippen molar-refractivity contribution in [2.24, 2.45) is 0 Å². The molecule has 0 amide bonds. The molecule has 0 aromatic rings. The Morgan fingerprint density at radius 2 is 1.24 bits per heavy atom. The van der Waals surface area contributed by atoms with E-state index in [1.165, 1.54) is 0 Å². The molecule has 0 aromatic heterocycles. The Kier molecular flexibility index (Phi) is 13.4. The van der Waals surface area contributed by atoms with E-state index in [-0.39, 0.29) is 6.54 Å². The van der Waals surface area contributed by atoms with Crippen LogP contribution in [0.5, 0.6) is 0 Å². The lowest BCUT2D eigenvalue weighted by atomic mass is 9.98. The fourth-order valence-electron chi connectivity index (χ4n) is 4.40. The Balaban J connectivity index is 0.000000675. The molecular weight excluding hydrogens is 578 g/mol.